The Balaban J connectivity index is 0.000000293. The molecule has 16 heavy (non-hydrogen) atoms. The molecule has 0 heterocycles. The fourth-order valence-corrected chi connectivity index (χ4v) is 0.673. The molecule has 0 aromatic heterocycles. The molecule has 0 aliphatic rings. The standard InChI is InChI=1S/C8H8O.C6H12O/c1-7(9)8-5-3-2-4-6-8;1-5(7)6(2,3)4/h2-6H,1H3;1-4H3. The highest BCUT2D eigenvalue weighted by molar-refractivity contribution is 5.93. The Hall–Kier alpha value is -1.44. The third-order valence-corrected chi connectivity index (χ3v) is 2.24. The number of ketones is 2. The lowest BCUT2D eigenvalue weighted by Gasteiger charge is -2.11. The van der Waals surface area contributed by atoms with Crippen LogP contribution in [0.2, 0.25) is 0 Å². The molecule has 0 N–H and O–H groups in total. The highest BCUT2D eigenvalue weighted by Gasteiger charge is 2.14. The van der Waals surface area contributed by atoms with Crippen LogP contribution in [0.3, 0.4) is 0 Å². The first kappa shape index (κ1) is 14.6. The molecule has 0 bridgehead atoms. The largest absolute Gasteiger partial charge is 0.299 e. The van der Waals surface area contributed by atoms with Crippen LogP contribution >= 0.6 is 0 Å². The third-order valence-electron chi connectivity index (χ3n) is 2.24. The summed E-state index contributed by atoms with van der Waals surface area (Å²) in [5.74, 6) is 0.364. The molecular weight excluding hydrogens is 200 g/mol. The summed E-state index contributed by atoms with van der Waals surface area (Å²) in [5, 5.41) is 0. The highest BCUT2D eigenvalue weighted by atomic mass is 16.1. The summed E-state index contributed by atoms with van der Waals surface area (Å²) in [7, 11) is 0. The van der Waals surface area contributed by atoms with E-state index >= 15 is 0 Å². The zero-order chi connectivity index (χ0) is 12.8. The molecule has 1 aromatic carbocycles. The van der Waals surface area contributed by atoms with Gasteiger partial charge in [-0.3, -0.25) is 9.59 Å². The zero-order valence-corrected chi connectivity index (χ0v) is 10.7. The maximum absolute atomic E-state index is 10.6. The Kier molecular flexibility index (Phi) is 5.65. The summed E-state index contributed by atoms with van der Waals surface area (Å²) >= 11 is 0. The number of rotatable bonds is 1. The van der Waals surface area contributed by atoms with E-state index in [0.717, 1.165) is 5.56 Å². The molecule has 2 nitrogen and oxygen atoms in total. The van der Waals surface area contributed by atoms with Gasteiger partial charge in [0.15, 0.2) is 5.78 Å². The molecule has 0 saturated carbocycles. The van der Waals surface area contributed by atoms with Gasteiger partial charge in [0.05, 0.1) is 0 Å². The minimum Gasteiger partial charge on any atom is -0.299 e. The first-order valence-corrected chi connectivity index (χ1v) is 5.32. The van der Waals surface area contributed by atoms with E-state index < -0.39 is 0 Å². The first-order valence-electron chi connectivity index (χ1n) is 5.32. The van der Waals surface area contributed by atoms with Crippen molar-refractivity contribution in [3.05, 3.63) is 35.9 Å². The van der Waals surface area contributed by atoms with Gasteiger partial charge in [-0.25, -0.2) is 0 Å². The quantitative estimate of drug-likeness (QED) is 0.679. The van der Waals surface area contributed by atoms with Crippen LogP contribution in [0.5, 0.6) is 0 Å². The molecule has 0 fully saturated rings. The molecule has 2 heteroatoms. The molecular formula is C14H20O2. The van der Waals surface area contributed by atoms with Crippen molar-refractivity contribution in [2.24, 2.45) is 5.41 Å². The number of carbonyl (C=O) groups is 2. The monoisotopic (exact) mass is 220 g/mol. The summed E-state index contributed by atoms with van der Waals surface area (Å²) in [6.07, 6.45) is 0. The lowest BCUT2D eigenvalue weighted by molar-refractivity contribution is -0.124. The van der Waals surface area contributed by atoms with Gasteiger partial charge < -0.3 is 0 Å². The summed E-state index contributed by atoms with van der Waals surface area (Å²) in [6, 6.07) is 9.23. The molecule has 0 aliphatic carbocycles. The lowest BCUT2D eigenvalue weighted by Crippen LogP contribution is -2.15. The summed E-state index contributed by atoms with van der Waals surface area (Å²) in [6.45, 7) is 8.91. The van der Waals surface area contributed by atoms with Crippen molar-refractivity contribution in [1.29, 1.82) is 0 Å². The van der Waals surface area contributed by atoms with Crippen molar-refractivity contribution in [2.75, 3.05) is 0 Å². The summed E-state index contributed by atoms with van der Waals surface area (Å²) in [5.41, 5.74) is 0.637. The molecule has 0 radical (unpaired) electrons. The molecule has 0 aliphatic heterocycles. The van der Waals surface area contributed by atoms with Crippen LogP contribution in [0.1, 0.15) is 45.0 Å². The lowest BCUT2D eigenvalue weighted by atomic mass is 9.92. The Morgan fingerprint density at radius 1 is 0.938 bits per heavy atom. The van der Waals surface area contributed by atoms with Crippen LogP contribution in [-0.2, 0) is 4.79 Å². The van der Waals surface area contributed by atoms with Crippen molar-refractivity contribution in [1.82, 2.24) is 0 Å². The topological polar surface area (TPSA) is 34.1 Å². The average molecular weight is 220 g/mol. The van der Waals surface area contributed by atoms with Gasteiger partial charge in [-0.1, -0.05) is 51.1 Å². The van der Waals surface area contributed by atoms with Crippen LogP contribution in [0.4, 0.5) is 0 Å². The zero-order valence-electron chi connectivity index (χ0n) is 10.7. The Bertz CT molecular complexity index is 345. The minimum atomic E-state index is -0.139. The Morgan fingerprint density at radius 2 is 1.31 bits per heavy atom. The molecule has 88 valence electrons. The van der Waals surface area contributed by atoms with E-state index in [1.165, 1.54) is 0 Å². The average Bonchev–Trinajstić information content (AvgIpc) is 2.18. The van der Waals surface area contributed by atoms with E-state index in [2.05, 4.69) is 0 Å². The van der Waals surface area contributed by atoms with Gasteiger partial charge in [-0.2, -0.15) is 0 Å². The van der Waals surface area contributed by atoms with E-state index in [4.69, 9.17) is 0 Å². The Morgan fingerprint density at radius 3 is 1.50 bits per heavy atom. The van der Waals surface area contributed by atoms with Crippen LogP contribution in [-0.4, -0.2) is 11.6 Å². The predicted molar refractivity (Wildman–Crippen MR) is 66.6 cm³/mol. The first-order chi connectivity index (χ1) is 7.25. The highest BCUT2D eigenvalue weighted by Crippen LogP contribution is 2.12. The second-order valence-electron chi connectivity index (χ2n) is 4.73. The van der Waals surface area contributed by atoms with E-state index in [9.17, 15) is 9.59 Å². The number of carbonyl (C=O) groups excluding carboxylic acids is 2. The van der Waals surface area contributed by atoms with Gasteiger partial charge in [-0.15, -0.1) is 0 Å². The van der Waals surface area contributed by atoms with Gasteiger partial charge in [0, 0.05) is 11.0 Å². The van der Waals surface area contributed by atoms with Crippen molar-refractivity contribution < 1.29 is 9.59 Å². The van der Waals surface area contributed by atoms with E-state index in [1.54, 1.807) is 13.8 Å². The number of hydrogen-bond acceptors (Lipinski definition) is 2. The maximum Gasteiger partial charge on any atom is 0.159 e. The molecule has 0 amide bonds. The van der Waals surface area contributed by atoms with Crippen LogP contribution < -0.4 is 0 Å². The number of hydrogen-bond donors (Lipinski definition) is 0. The van der Waals surface area contributed by atoms with Crippen LogP contribution in [0.15, 0.2) is 30.3 Å². The predicted octanol–water partition coefficient (Wildman–Crippen LogP) is 3.51. The summed E-state index contributed by atoms with van der Waals surface area (Å²) < 4.78 is 0. The van der Waals surface area contributed by atoms with Crippen molar-refractivity contribution in [3.8, 4) is 0 Å². The molecule has 1 rings (SSSR count). The Labute approximate surface area is 97.7 Å². The molecule has 0 saturated heterocycles. The van der Waals surface area contributed by atoms with Gasteiger partial charge in [-0.05, 0) is 13.8 Å². The number of Topliss-reactive ketones (excluding diaryl/α,β-unsaturated/α-hetero) is 2. The van der Waals surface area contributed by atoms with Crippen LogP contribution in [0, 0.1) is 5.41 Å². The molecule has 0 spiro atoms. The normalized spacial score (nSPS) is 10.1. The minimum absolute atomic E-state index is 0.121. The number of benzene rings is 1. The third kappa shape index (κ3) is 6.12. The fraction of sp³-hybridized carbons (Fsp3) is 0.429. The summed E-state index contributed by atoms with van der Waals surface area (Å²) in [4.78, 5) is 21.1. The van der Waals surface area contributed by atoms with Crippen molar-refractivity contribution >= 4 is 11.6 Å². The molecule has 0 atom stereocenters. The second kappa shape index (κ2) is 6.21. The van der Waals surface area contributed by atoms with E-state index in [-0.39, 0.29) is 17.0 Å². The van der Waals surface area contributed by atoms with Gasteiger partial charge in [0.2, 0.25) is 0 Å². The fourth-order valence-electron chi connectivity index (χ4n) is 0.673. The maximum atomic E-state index is 10.6. The van der Waals surface area contributed by atoms with Gasteiger partial charge in [0.1, 0.15) is 5.78 Å². The van der Waals surface area contributed by atoms with Gasteiger partial charge >= 0.3 is 0 Å². The van der Waals surface area contributed by atoms with Crippen LogP contribution in [0.25, 0.3) is 0 Å². The van der Waals surface area contributed by atoms with Gasteiger partial charge in [0.25, 0.3) is 0 Å². The second-order valence-corrected chi connectivity index (χ2v) is 4.73. The molecule has 0 unspecified atom stereocenters. The smallest absolute Gasteiger partial charge is 0.159 e. The molecule has 1 aromatic rings. The van der Waals surface area contributed by atoms with E-state index in [1.807, 2.05) is 51.1 Å². The van der Waals surface area contributed by atoms with E-state index in [0.29, 0.717) is 0 Å². The SMILES string of the molecule is CC(=O)C(C)(C)C.CC(=O)c1ccccc1. The van der Waals surface area contributed by atoms with Crippen molar-refractivity contribution in [2.45, 2.75) is 34.6 Å². The van der Waals surface area contributed by atoms with Crippen molar-refractivity contribution in [3.63, 3.8) is 0 Å².